The second-order valence-electron chi connectivity index (χ2n) is 11.0. The molecule has 0 aliphatic heterocycles. The van der Waals surface area contributed by atoms with Gasteiger partial charge < -0.3 is 5.11 Å². The predicted molar refractivity (Wildman–Crippen MR) is 107 cm³/mol. The number of hydrogen-bond donors (Lipinski definition) is 1. The fourth-order valence-corrected chi connectivity index (χ4v) is 8.36. The molecule has 0 radical (unpaired) electrons. The standard InChI is InChI=1S/C24H36O4/c1-14(4-7-22(27)28)17-5-6-18-16-13-21(26)20-12-15(25)8-10-24(20,3)19(16)9-11-23(17,18)2/h14,16-20H,4-13H2,1-3H3,(H,27,28)/t14-,16+,17-,18+,19+,20+,23-,24-/m1/s1. The number of carbonyl (C=O) groups excluding carboxylic acids is 2. The van der Waals surface area contributed by atoms with Gasteiger partial charge in [-0.05, 0) is 78.9 Å². The first-order valence-corrected chi connectivity index (χ1v) is 11.4. The molecule has 0 aromatic heterocycles. The molecule has 0 unspecified atom stereocenters. The molecule has 0 amide bonds. The van der Waals surface area contributed by atoms with Gasteiger partial charge in [0.15, 0.2) is 0 Å². The summed E-state index contributed by atoms with van der Waals surface area (Å²) in [5, 5.41) is 9.08. The van der Waals surface area contributed by atoms with E-state index in [9.17, 15) is 14.4 Å². The molecule has 4 aliphatic rings. The first-order valence-electron chi connectivity index (χ1n) is 11.4. The van der Waals surface area contributed by atoms with Crippen molar-refractivity contribution in [1.82, 2.24) is 0 Å². The molecular weight excluding hydrogens is 352 g/mol. The van der Waals surface area contributed by atoms with Gasteiger partial charge >= 0.3 is 5.97 Å². The highest BCUT2D eigenvalue weighted by molar-refractivity contribution is 5.90. The Hall–Kier alpha value is -1.19. The lowest BCUT2D eigenvalue weighted by Crippen LogP contribution is -2.56. The van der Waals surface area contributed by atoms with E-state index < -0.39 is 5.97 Å². The van der Waals surface area contributed by atoms with Gasteiger partial charge in [-0.2, -0.15) is 0 Å². The molecule has 28 heavy (non-hydrogen) atoms. The van der Waals surface area contributed by atoms with Crippen molar-refractivity contribution in [2.24, 2.45) is 46.3 Å². The van der Waals surface area contributed by atoms with Crippen LogP contribution in [0.3, 0.4) is 0 Å². The molecule has 4 heteroatoms. The van der Waals surface area contributed by atoms with Crippen LogP contribution in [0, 0.1) is 46.3 Å². The van der Waals surface area contributed by atoms with Crippen LogP contribution >= 0.6 is 0 Å². The maximum atomic E-state index is 13.1. The Kier molecular flexibility index (Phi) is 4.99. The second-order valence-corrected chi connectivity index (χ2v) is 11.0. The van der Waals surface area contributed by atoms with Gasteiger partial charge in [0.05, 0.1) is 0 Å². The Labute approximate surface area is 168 Å². The molecule has 0 heterocycles. The zero-order valence-electron chi connectivity index (χ0n) is 17.7. The average molecular weight is 389 g/mol. The largest absolute Gasteiger partial charge is 0.481 e. The van der Waals surface area contributed by atoms with Crippen LogP contribution < -0.4 is 0 Å². The van der Waals surface area contributed by atoms with Crippen LogP contribution in [-0.2, 0) is 14.4 Å². The second kappa shape index (κ2) is 6.95. The molecule has 0 saturated heterocycles. The van der Waals surface area contributed by atoms with Crippen LogP contribution in [0.25, 0.3) is 0 Å². The molecule has 0 aromatic rings. The Morgan fingerprint density at radius 2 is 1.79 bits per heavy atom. The van der Waals surface area contributed by atoms with Gasteiger partial charge in [0.25, 0.3) is 0 Å². The Morgan fingerprint density at radius 3 is 2.50 bits per heavy atom. The van der Waals surface area contributed by atoms with Crippen LogP contribution in [0.4, 0.5) is 0 Å². The van der Waals surface area contributed by atoms with Gasteiger partial charge in [-0.1, -0.05) is 20.8 Å². The average Bonchev–Trinajstić information content (AvgIpc) is 2.99. The topological polar surface area (TPSA) is 71.4 Å². The zero-order chi connectivity index (χ0) is 20.3. The van der Waals surface area contributed by atoms with E-state index in [1.54, 1.807) is 0 Å². The molecule has 1 N–H and O–H groups in total. The minimum atomic E-state index is -0.695. The Bertz CT molecular complexity index is 684. The van der Waals surface area contributed by atoms with Gasteiger partial charge in [-0.25, -0.2) is 0 Å². The van der Waals surface area contributed by atoms with E-state index in [1.807, 2.05) is 0 Å². The maximum Gasteiger partial charge on any atom is 0.303 e. The zero-order valence-corrected chi connectivity index (χ0v) is 17.7. The van der Waals surface area contributed by atoms with Crippen molar-refractivity contribution in [3.63, 3.8) is 0 Å². The minimum Gasteiger partial charge on any atom is -0.481 e. The lowest BCUT2D eigenvalue weighted by atomic mass is 9.44. The highest BCUT2D eigenvalue weighted by atomic mass is 16.4. The van der Waals surface area contributed by atoms with Crippen LogP contribution in [-0.4, -0.2) is 22.6 Å². The van der Waals surface area contributed by atoms with Crippen LogP contribution in [0.2, 0.25) is 0 Å². The van der Waals surface area contributed by atoms with E-state index >= 15 is 0 Å². The number of hydrogen-bond acceptors (Lipinski definition) is 3. The molecule has 8 atom stereocenters. The fraction of sp³-hybridized carbons (Fsp3) is 0.875. The molecule has 4 nitrogen and oxygen atoms in total. The number of carboxylic acids is 1. The third kappa shape index (κ3) is 2.97. The molecular formula is C24H36O4. The lowest BCUT2D eigenvalue weighted by Gasteiger charge is -2.59. The summed E-state index contributed by atoms with van der Waals surface area (Å²) in [7, 11) is 0. The number of rotatable bonds is 4. The quantitative estimate of drug-likeness (QED) is 0.744. The van der Waals surface area contributed by atoms with E-state index in [0.717, 1.165) is 12.8 Å². The van der Waals surface area contributed by atoms with Gasteiger partial charge in [-0.3, -0.25) is 14.4 Å². The number of ketones is 2. The highest BCUT2D eigenvalue weighted by Gasteiger charge is 2.62. The highest BCUT2D eigenvalue weighted by Crippen LogP contribution is 2.67. The number of fused-ring (bicyclic) bond motifs is 5. The van der Waals surface area contributed by atoms with Gasteiger partial charge in [0, 0.05) is 31.6 Å². The summed E-state index contributed by atoms with van der Waals surface area (Å²) in [6.45, 7) is 6.99. The number of Topliss-reactive ketones (excluding diaryl/α,β-unsaturated/α-hetero) is 2. The number of carbonyl (C=O) groups is 3. The lowest BCUT2D eigenvalue weighted by molar-refractivity contribution is -0.159. The first-order chi connectivity index (χ1) is 13.2. The SMILES string of the molecule is C[C@H](CCC(=O)O)[C@H]1CC[C@H]2[C@@H]3CC(=O)[C@@H]4CC(=O)CC[C@]4(C)[C@H]3CC[C@]12C. The smallest absolute Gasteiger partial charge is 0.303 e. The molecule has 4 fully saturated rings. The third-order valence-electron chi connectivity index (χ3n) is 9.85. The molecule has 0 aromatic carbocycles. The molecule has 0 bridgehead atoms. The third-order valence-corrected chi connectivity index (χ3v) is 9.85. The van der Waals surface area contributed by atoms with Crippen LogP contribution in [0.1, 0.15) is 85.0 Å². The molecule has 0 spiro atoms. The summed E-state index contributed by atoms with van der Waals surface area (Å²) in [4.78, 5) is 36.2. The van der Waals surface area contributed by atoms with E-state index in [4.69, 9.17) is 5.11 Å². The first kappa shape index (κ1) is 20.1. The van der Waals surface area contributed by atoms with E-state index in [1.165, 1.54) is 25.7 Å². The van der Waals surface area contributed by atoms with Crippen molar-refractivity contribution in [1.29, 1.82) is 0 Å². The normalized spacial score (nSPS) is 46.5. The molecule has 4 aliphatic carbocycles. The van der Waals surface area contributed by atoms with Gasteiger partial charge in [-0.15, -0.1) is 0 Å². The maximum absolute atomic E-state index is 13.1. The molecule has 156 valence electrons. The van der Waals surface area contributed by atoms with Crippen molar-refractivity contribution in [2.75, 3.05) is 0 Å². The monoisotopic (exact) mass is 388 g/mol. The van der Waals surface area contributed by atoms with Gasteiger partial charge in [0.1, 0.15) is 11.6 Å². The fourth-order valence-electron chi connectivity index (χ4n) is 8.36. The molecule has 4 saturated carbocycles. The van der Waals surface area contributed by atoms with E-state index in [-0.39, 0.29) is 29.0 Å². The summed E-state index contributed by atoms with van der Waals surface area (Å²) in [6.07, 6.45) is 8.47. The predicted octanol–water partition coefficient (Wildman–Crippen LogP) is 4.89. The summed E-state index contributed by atoms with van der Waals surface area (Å²) < 4.78 is 0. The van der Waals surface area contributed by atoms with Crippen molar-refractivity contribution < 1.29 is 19.5 Å². The van der Waals surface area contributed by atoms with Crippen molar-refractivity contribution in [3.8, 4) is 0 Å². The molecule has 4 rings (SSSR count). The summed E-state index contributed by atoms with van der Waals surface area (Å²) in [5.41, 5.74) is 0.259. The van der Waals surface area contributed by atoms with Crippen molar-refractivity contribution >= 4 is 17.5 Å². The van der Waals surface area contributed by atoms with Crippen molar-refractivity contribution in [2.45, 2.75) is 85.0 Å². The van der Waals surface area contributed by atoms with Crippen molar-refractivity contribution in [3.05, 3.63) is 0 Å². The summed E-state index contributed by atoms with van der Waals surface area (Å²) in [6, 6.07) is 0. The van der Waals surface area contributed by atoms with E-state index in [0.29, 0.717) is 54.6 Å². The number of carboxylic acid groups (broad SMARTS) is 1. The Balaban J connectivity index is 1.56. The van der Waals surface area contributed by atoms with E-state index in [2.05, 4.69) is 20.8 Å². The van der Waals surface area contributed by atoms with Crippen LogP contribution in [0.15, 0.2) is 0 Å². The summed E-state index contributed by atoms with van der Waals surface area (Å²) in [5.74, 6) is 2.54. The Morgan fingerprint density at radius 1 is 1.07 bits per heavy atom. The minimum absolute atomic E-state index is 0.0161. The number of aliphatic carboxylic acids is 1. The summed E-state index contributed by atoms with van der Waals surface area (Å²) >= 11 is 0. The van der Waals surface area contributed by atoms with Crippen LogP contribution in [0.5, 0.6) is 0 Å². The van der Waals surface area contributed by atoms with Gasteiger partial charge in [0.2, 0.25) is 0 Å².